The lowest BCUT2D eigenvalue weighted by atomic mass is 10.2. The third-order valence-corrected chi connectivity index (χ3v) is 3.15. The van der Waals surface area contributed by atoms with E-state index in [1.807, 2.05) is 6.92 Å². The molecule has 0 fully saturated rings. The first-order chi connectivity index (χ1) is 8.61. The fraction of sp³-hybridized carbons (Fsp3) is 0.500. The highest BCUT2D eigenvalue weighted by atomic mass is 35.5. The van der Waals surface area contributed by atoms with Crippen molar-refractivity contribution in [1.82, 2.24) is 14.7 Å². The van der Waals surface area contributed by atoms with Gasteiger partial charge in [0.2, 0.25) is 0 Å². The predicted molar refractivity (Wildman–Crippen MR) is 77.1 cm³/mol. The molecule has 4 heteroatoms. The second-order valence-electron chi connectivity index (χ2n) is 4.76. The Labute approximate surface area is 113 Å². The highest BCUT2D eigenvalue weighted by Gasteiger charge is 2.12. The number of aromatic nitrogens is 2. The number of aryl methyl sites for hydroxylation is 1. The van der Waals surface area contributed by atoms with Crippen LogP contribution < -0.4 is 0 Å². The number of alkyl halides is 1. The van der Waals surface area contributed by atoms with Crippen LogP contribution in [0.4, 0.5) is 0 Å². The SMILES string of the molecule is CCn1nc(CN(C)CC(C)Cl)c2ccccc21. The zero-order valence-electron chi connectivity index (χ0n) is 11.2. The molecule has 0 aliphatic carbocycles. The predicted octanol–water partition coefficient (Wildman–Crippen LogP) is 3.12. The van der Waals surface area contributed by atoms with Crippen molar-refractivity contribution in [1.29, 1.82) is 0 Å². The van der Waals surface area contributed by atoms with E-state index < -0.39 is 0 Å². The third-order valence-electron chi connectivity index (χ3n) is 3.02. The highest BCUT2D eigenvalue weighted by Crippen LogP contribution is 2.19. The summed E-state index contributed by atoms with van der Waals surface area (Å²) in [5.41, 5.74) is 2.34. The molecule has 1 aromatic carbocycles. The summed E-state index contributed by atoms with van der Waals surface area (Å²) in [6.07, 6.45) is 0. The van der Waals surface area contributed by atoms with Crippen LogP contribution in [0.1, 0.15) is 19.5 Å². The van der Waals surface area contributed by atoms with E-state index in [0.717, 1.165) is 25.3 Å². The molecule has 0 aliphatic rings. The van der Waals surface area contributed by atoms with E-state index >= 15 is 0 Å². The average molecular weight is 266 g/mol. The molecule has 98 valence electrons. The normalized spacial score (nSPS) is 13.4. The van der Waals surface area contributed by atoms with Crippen LogP contribution >= 0.6 is 11.6 Å². The summed E-state index contributed by atoms with van der Waals surface area (Å²) in [6, 6.07) is 8.39. The minimum Gasteiger partial charge on any atom is -0.299 e. The molecule has 0 aliphatic heterocycles. The van der Waals surface area contributed by atoms with Crippen molar-refractivity contribution in [2.45, 2.75) is 32.3 Å². The quantitative estimate of drug-likeness (QED) is 0.775. The summed E-state index contributed by atoms with van der Waals surface area (Å²) in [6.45, 7) is 6.74. The molecule has 2 rings (SSSR count). The topological polar surface area (TPSA) is 21.1 Å². The fourth-order valence-electron chi connectivity index (χ4n) is 2.30. The molecule has 2 aromatic rings. The average Bonchev–Trinajstić information content (AvgIpc) is 2.67. The summed E-state index contributed by atoms with van der Waals surface area (Å²) < 4.78 is 2.06. The van der Waals surface area contributed by atoms with Crippen molar-refractivity contribution in [2.24, 2.45) is 0 Å². The van der Waals surface area contributed by atoms with E-state index in [9.17, 15) is 0 Å². The molecule has 0 radical (unpaired) electrons. The van der Waals surface area contributed by atoms with Gasteiger partial charge in [-0.1, -0.05) is 18.2 Å². The van der Waals surface area contributed by atoms with Crippen LogP contribution in [0.5, 0.6) is 0 Å². The molecule has 18 heavy (non-hydrogen) atoms. The first-order valence-corrected chi connectivity index (χ1v) is 6.82. The lowest BCUT2D eigenvalue weighted by molar-refractivity contribution is 0.325. The summed E-state index contributed by atoms with van der Waals surface area (Å²) in [7, 11) is 2.08. The number of nitrogens with zero attached hydrogens (tertiary/aromatic N) is 3. The molecule has 0 N–H and O–H groups in total. The Bertz CT molecular complexity index is 519. The number of hydrogen-bond acceptors (Lipinski definition) is 2. The largest absolute Gasteiger partial charge is 0.299 e. The van der Waals surface area contributed by atoms with E-state index in [1.54, 1.807) is 0 Å². The lowest BCUT2D eigenvalue weighted by Crippen LogP contribution is -2.24. The third kappa shape index (κ3) is 2.85. The Morgan fingerprint density at radius 3 is 2.78 bits per heavy atom. The van der Waals surface area contributed by atoms with E-state index in [1.165, 1.54) is 10.9 Å². The maximum atomic E-state index is 6.02. The van der Waals surface area contributed by atoms with Crippen molar-refractivity contribution < 1.29 is 0 Å². The number of benzene rings is 1. The molecular weight excluding hydrogens is 246 g/mol. The van der Waals surface area contributed by atoms with E-state index in [-0.39, 0.29) is 5.38 Å². The van der Waals surface area contributed by atoms with Gasteiger partial charge in [0, 0.05) is 30.4 Å². The summed E-state index contributed by atoms with van der Waals surface area (Å²) >= 11 is 6.02. The number of rotatable bonds is 5. The molecule has 1 heterocycles. The molecule has 0 spiro atoms. The second-order valence-corrected chi connectivity index (χ2v) is 5.50. The molecular formula is C14H20ClN3. The van der Waals surface area contributed by atoms with Crippen molar-refractivity contribution in [3.63, 3.8) is 0 Å². The molecule has 0 saturated heterocycles. The molecule has 1 atom stereocenters. The van der Waals surface area contributed by atoms with Gasteiger partial charge in [-0.2, -0.15) is 5.10 Å². The van der Waals surface area contributed by atoms with Crippen LogP contribution in [0.3, 0.4) is 0 Å². The molecule has 0 saturated carbocycles. The van der Waals surface area contributed by atoms with Gasteiger partial charge >= 0.3 is 0 Å². The van der Waals surface area contributed by atoms with Gasteiger partial charge in [-0.05, 0) is 27.0 Å². The Balaban J connectivity index is 2.28. The second kappa shape index (κ2) is 5.72. The van der Waals surface area contributed by atoms with E-state index in [2.05, 4.69) is 52.9 Å². The lowest BCUT2D eigenvalue weighted by Gasteiger charge is -2.16. The Hall–Kier alpha value is -1.06. The van der Waals surface area contributed by atoms with Crippen molar-refractivity contribution >= 4 is 22.5 Å². The van der Waals surface area contributed by atoms with Gasteiger partial charge < -0.3 is 0 Å². The minimum atomic E-state index is 0.162. The van der Waals surface area contributed by atoms with Crippen LogP contribution in [0.15, 0.2) is 24.3 Å². The first kappa shape index (κ1) is 13.4. The number of halogens is 1. The maximum Gasteiger partial charge on any atom is 0.0843 e. The molecule has 3 nitrogen and oxygen atoms in total. The number of hydrogen-bond donors (Lipinski definition) is 0. The molecule has 0 bridgehead atoms. The zero-order valence-corrected chi connectivity index (χ0v) is 12.0. The highest BCUT2D eigenvalue weighted by molar-refractivity contribution is 6.20. The van der Waals surface area contributed by atoms with Gasteiger partial charge in [0.15, 0.2) is 0 Å². The van der Waals surface area contributed by atoms with Gasteiger partial charge in [-0.3, -0.25) is 9.58 Å². The standard InChI is InChI=1S/C14H20ClN3/c1-4-18-14-8-6-5-7-12(14)13(16-18)10-17(3)9-11(2)15/h5-8,11H,4,9-10H2,1-3H3. The fourth-order valence-corrected chi connectivity index (χ4v) is 2.54. The van der Waals surface area contributed by atoms with Crippen LogP contribution in [-0.4, -0.2) is 33.6 Å². The molecule has 1 aromatic heterocycles. The Morgan fingerprint density at radius 2 is 2.11 bits per heavy atom. The van der Waals surface area contributed by atoms with Gasteiger partial charge in [0.1, 0.15) is 0 Å². The minimum absolute atomic E-state index is 0.162. The summed E-state index contributed by atoms with van der Waals surface area (Å²) in [4.78, 5) is 2.21. The Morgan fingerprint density at radius 1 is 1.39 bits per heavy atom. The monoisotopic (exact) mass is 265 g/mol. The zero-order chi connectivity index (χ0) is 13.1. The first-order valence-electron chi connectivity index (χ1n) is 6.38. The van der Waals surface area contributed by atoms with Crippen molar-refractivity contribution in [3.05, 3.63) is 30.0 Å². The van der Waals surface area contributed by atoms with Crippen molar-refractivity contribution in [3.8, 4) is 0 Å². The van der Waals surface area contributed by atoms with Gasteiger partial charge in [-0.25, -0.2) is 0 Å². The summed E-state index contributed by atoms with van der Waals surface area (Å²) in [5.74, 6) is 0. The van der Waals surface area contributed by atoms with Crippen LogP contribution in [0, 0.1) is 0 Å². The van der Waals surface area contributed by atoms with Gasteiger partial charge in [0.05, 0.1) is 11.2 Å². The smallest absolute Gasteiger partial charge is 0.0843 e. The number of para-hydroxylation sites is 1. The van der Waals surface area contributed by atoms with Crippen molar-refractivity contribution in [2.75, 3.05) is 13.6 Å². The van der Waals surface area contributed by atoms with Crippen LogP contribution in [-0.2, 0) is 13.1 Å². The molecule has 0 amide bonds. The van der Waals surface area contributed by atoms with E-state index in [4.69, 9.17) is 11.6 Å². The molecule has 1 unspecified atom stereocenters. The van der Waals surface area contributed by atoms with Crippen LogP contribution in [0.2, 0.25) is 0 Å². The summed E-state index contributed by atoms with van der Waals surface area (Å²) in [5, 5.41) is 6.09. The van der Waals surface area contributed by atoms with Gasteiger partial charge in [0.25, 0.3) is 0 Å². The van der Waals surface area contributed by atoms with Crippen LogP contribution in [0.25, 0.3) is 10.9 Å². The Kier molecular flexibility index (Phi) is 4.25. The van der Waals surface area contributed by atoms with Gasteiger partial charge in [-0.15, -0.1) is 11.6 Å². The number of fused-ring (bicyclic) bond motifs is 1. The van der Waals surface area contributed by atoms with E-state index in [0.29, 0.717) is 0 Å². The maximum absolute atomic E-state index is 6.02.